The van der Waals surface area contributed by atoms with Gasteiger partial charge in [0.05, 0.1) is 0 Å². The van der Waals surface area contributed by atoms with E-state index in [2.05, 4.69) is 15.0 Å². The fraction of sp³-hybridized carbons (Fsp3) is 0.476. The minimum atomic E-state index is -0.268. The third-order valence-corrected chi connectivity index (χ3v) is 5.98. The molecule has 1 N–H and O–H groups in total. The number of nitrogens with zero attached hydrogens (tertiary/aromatic N) is 5. The quantitative estimate of drug-likeness (QED) is 0.752. The van der Waals surface area contributed by atoms with Crippen LogP contribution >= 0.6 is 0 Å². The number of carbonyl (C=O) groups excluding carboxylic acids is 1. The molecule has 2 saturated heterocycles. The molecule has 2 atom stereocenters. The zero-order valence-corrected chi connectivity index (χ0v) is 17.2. The van der Waals surface area contributed by atoms with Gasteiger partial charge in [0.15, 0.2) is 11.6 Å². The Balaban J connectivity index is 0.000000806. The number of carbonyl (C=O) groups is 2. The van der Waals surface area contributed by atoms with Crippen LogP contribution < -0.4 is 4.90 Å². The highest BCUT2D eigenvalue weighted by Gasteiger charge is 2.38. The van der Waals surface area contributed by atoms with Crippen LogP contribution in [-0.4, -0.2) is 63.5 Å². The average molecular weight is 415 g/mol. The molecule has 2 fully saturated rings. The van der Waals surface area contributed by atoms with Gasteiger partial charge in [0, 0.05) is 43.6 Å². The first-order valence-electron chi connectivity index (χ1n) is 9.97. The number of aromatic nitrogens is 3. The van der Waals surface area contributed by atoms with Crippen LogP contribution in [0.3, 0.4) is 0 Å². The third kappa shape index (κ3) is 4.55. The first-order valence-corrected chi connectivity index (χ1v) is 9.97. The number of amides is 1. The van der Waals surface area contributed by atoms with Crippen molar-refractivity contribution in [1.29, 1.82) is 0 Å². The third-order valence-electron chi connectivity index (χ3n) is 5.98. The van der Waals surface area contributed by atoms with Crippen molar-refractivity contribution in [3.63, 3.8) is 0 Å². The second-order valence-electron chi connectivity index (χ2n) is 7.64. The van der Waals surface area contributed by atoms with Gasteiger partial charge in [0.25, 0.3) is 12.4 Å². The molecule has 4 rings (SSSR count). The molecule has 160 valence electrons. The van der Waals surface area contributed by atoms with Crippen LogP contribution in [-0.2, 0) is 4.79 Å². The van der Waals surface area contributed by atoms with Crippen molar-refractivity contribution in [1.82, 2.24) is 19.9 Å². The fourth-order valence-corrected chi connectivity index (χ4v) is 4.24. The van der Waals surface area contributed by atoms with E-state index in [1.165, 1.54) is 12.4 Å². The van der Waals surface area contributed by atoms with Crippen molar-refractivity contribution in [2.75, 3.05) is 31.1 Å². The summed E-state index contributed by atoms with van der Waals surface area (Å²) in [6.07, 6.45) is 4.97. The minimum Gasteiger partial charge on any atom is -0.483 e. The van der Waals surface area contributed by atoms with Crippen molar-refractivity contribution in [2.45, 2.75) is 26.7 Å². The maximum Gasteiger partial charge on any atom is 0.290 e. The molecule has 0 unspecified atom stereocenters. The number of anilines is 1. The first kappa shape index (κ1) is 21.6. The number of rotatable bonds is 2. The van der Waals surface area contributed by atoms with Gasteiger partial charge in [-0.2, -0.15) is 0 Å². The van der Waals surface area contributed by atoms with Crippen LogP contribution in [0.1, 0.15) is 34.6 Å². The Morgan fingerprint density at radius 1 is 1.17 bits per heavy atom. The second-order valence-corrected chi connectivity index (χ2v) is 7.64. The Hall–Kier alpha value is -3.10. The van der Waals surface area contributed by atoms with Crippen LogP contribution in [0, 0.1) is 31.5 Å². The number of hydrogen-bond acceptors (Lipinski definition) is 6. The SMILES string of the molecule is Cc1ncnc(C(=O)N2C[C@H]3CCN(c4ncccc4F)CC[C@H]3C2)c1C.O=CO. The van der Waals surface area contributed by atoms with E-state index in [9.17, 15) is 9.18 Å². The van der Waals surface area contributed by atoms with Gasteiger partial charge in [0.1, 0.15) is 12.0 Å². The Bertz CT molecular complexity index is 894. The van der Waals surface area contributed by atoms with Gasteiger partial charge in [-0.25, -0.2) is 19.3 Å². The van der Waals surface area contributed by atoms with Crippen molar-refractivity contribution >= 4 is 18.2 Å². The first-order chi connectivity index (χ1) is 14.5. The van der Waals surface area contributed by atoms with Crippen molar-refractivity contribution in [2.24, 2.45) is 11.8 Å². The van der Waals surface area contributed by atoms with Gasteiger partial charge < -0.3 is 14.9 Å². The van der Waals surface area contributed by atoms with Gasteiger partial charge in [0.2, 0.25) is 0 Å². The predicted octanol–water partition coefficient (Wildman–Crippen LogP) is 2.32. The Kier molecular flexibility index (Phi) is 6.91. The molecule has 0 bridgehead atoms. The smallest absolute Gasteiger partial charge is 0.290 e. The highest BCUT2D eigenvalue weighted by molar-refractivity contribution is 5.94. The van der Waals surface area contributed by atoms with Crippen molar-refractivity contribution in [3.8, 4) is 0 Å². The molecule has 0 spiro atoms. The molecule has 30 heavy (non-hydrogen) atoms. The number of aryl methyl sites for hydroxylation is 1. The van der Waals surface area contributed by atoms with Gasteiger partial charge in [-0.05, 0) is 50.7 Å². The standard InChI is InChI=1S/C20H24FN5O.CH2O2/c1-13-14(2)23-12-24-18(13)20(27)26-10-15-5-8-25(9-6-16(15)11-26)19-17(21)4-3-7-22-19;2-1-3/h3-4,7,12,15-16H,5-6,8-11H2,1-2H3;1H,(H,2,3)/t15-,16+;. The molecule has 4 heterocycles. The van der Waals surface area contributed by atoms with Crippen LogP contribution in [0.15, 0.2) is 24.7 Å². The van der Waals surface area contributed by atoms with Gasteiger partial charge in [-0.3, -0.25) is 9.59 Å². The van der Waals surface area contributed by atoms with Gasteiger partial charge in [-0.1, -0.05) is 0 Å². The normalized spacial score (nSPS) is 20.6. The van der Waals surface area contributed by atoms with E-state index in [-0.39, 0.29) is 18.2 Å². The molecule has 0 saturated carbocycles. The molecule has 2 aromatic heterocycles. The lowest BCUT2D eigenvalue weighted by Crippen LogP contribution is -2.32. The Labute approximate surface area is 174 Å². The molecule has 0 aromatic carbocycles. The molecule has 0 radical (unpaired) electrons. The molecule has 2 aromatic rings. The summed E-state index contributed by atoms with van der Waals surface area (Å²) in [4.78, 5) is 37.9. The van der Waals surface area contributed by atoms with Crippen LogP contribution in [0.25, 0.3) is 0 Å². The zero-order valence-electron chi connectivity index (χ0n) is 17.2. The lowest BCUT2D eigenvalue weighted by molar-refractivity contribution is -0.122. The summed E-state index contributed by atoms with van der Waals surface area (Å²) < 4.78 is 14.1. The van der Waals surface area contributed by atoms with Crippen LogP contribution in [0.4, 0.5) is 10.2 Å². The lowest BCUT2D eigenvalue weighted by Gasteiger charge is -2.23. The van der Waals surface area contributed by atoms with E-state index in [1.807, 2.05) is 23.6 Å². The van der Waals surface area contributed by atoms with E-state index in [1.54, 1.807) is 12.3 Å². The number of carboxylic acid groups (broad SMARTS) is 1. The highest BCUT2D eigenvalue weighted by atomic mass is 19.1. The molecule has 1 amide bonds. The number of pyridine rings is 1. The summed E-state index contributed by atoms with van der Waals surface area (Å²) in [5, 5.41) is 6.89. The number of halogens is 1. The summed E-state index contributed by atoms with van der Waals surface area (Å²) in [5.74, 6) is 1.05. The second kappa shape index (κ2) is 9.60. The summed E-state index contributed by atoms with van der Waals surface area (Å²) in [6.45, 7) is 6.56. The summed E-state index contributed by atoms with van der Waals surface area (Å²) >= 11 is 0. The van der Waals surface area contributed by atoms with Gasteiger partial charge >= 0.3 is 0 Å². The topological polar surface area (TPSA) is 99.5 Å². The fourth-order valence-electron chi connectivity index (χ4n) is 4.24. The van der Waals surface area contributed by atoms with E-state index in [0.717, 1.165) is 50.3 Å². The van der Waals surface area contributed by atoms with E-state index in [4.69, 9.17) is 9.90 Å². The highest BCUT2D eigenvalue weighted by Crippen LogP contribution is 2.34. The monoisotopic (exact) mass is 415 g/mol. The largest absolute Gasteiger partial charge is 0.483 e. The number of likely N-dealkylation sites (tertiary alicyclic amines) is 1. The molecule has 2 aliphatic rings. The van der Waals surface area contributed by atoms with Crippen molar-refractivity contribution in [3.05, 3.63) is 47.4 Å². The average Bonchev–Trinajstić information content (AvgIpc) is 3.04. The maximum absolute atomic E-state index is 14.1. The van der Waals surface area contributed by atoms with E-state index < -0.39 is 0 Å². The van der Waals surface area contributed by atoms with Crippen LogP contribution in [0.2, 0.25) is 0 Å². The predicted molar refractivity (Wildman–Crippen MR) is 109 cm³/mol. The van der Waals surface area contributed by atoms with Crippen molar-refractivity contribution < 1.29 is 19.1 Å². The zero-order chi connectivity index (χ0) is 21.7. The molecular weight excluding hydrogens is 389 g/mol. The van der Waals surface area contributed by atoms with Gasteiger partial charge in [-0.15, -0.1) is 0 Å². The summed E-state index contributed by atoms with van der Waals surface area (Å²) in [5.41, 5.74) is 2.21. The maximum atomic E-state index is 14.1. The minimum absolute atomic E-state index is 0.00120. The molecule has 2 aliphatic heterocycles. The summed E-state index contributed by atoms with van der Waals surface area (Å²) in [6, 6.07) is 3.08. The van der Waals surface area contributed by atoms with E-state index >= 15 is 0 Å². The summed E-state index contributed by atoms with van der Waals surface area (Å²) in [7, 11) is 0. The number of hydrogen-bond donors (Lipinski definition) is 1. The lowest BCUT2D eigenvalue weighted by atomic mass is 9.92. The Morgan fingerprint density at radius 2 is 1.80 bits per heavy atom. The molecular formula is C21H26FN5O3. The van der Waals surface area contributed by atoms with Crippen LogP contribution in [0.5, 0.6) is 0 Å². The number of fused-ring (bicyclic) bond motifs is 1. The molecule has 8 nitrogen and oxygen atoms in total. The Morgan fingerprint density at radius 3 is 2.40 bits per heavy atom. The van der Waals surface area contributed by atoms with E-state index in [0.29, 0.717) is 23.3 Å². The molecule has 0 aliphatic carbocycles. The molecule has 9 heteroatoms.